The maximum atomic E-state index is 12.0. The van der Waals surface area contributed by atoms with E-state index in [-0.39, 0.29) is 17.2 Å². The first-order valence-corrected chi connectivity index (χ1v) is 7.28. The van der Waals surface area contributed by atoms with Gasteiger partial charge < -0.3 is 10.8 Å². The molecule has 0 radical (unpaired) electrons. The predicted octanol–water partition coefficient (Wildman–Crippen LogP) is 0.933. The zero-order valence-electron chi connectivity index (χ0n) is 9.78. The Morgan fingerprint density at radius 1 is 1.11 bits per heavy atom. The van der Waals surface area contributed by atoms with E-state index in [1.807, 2.05) is 24.3 Å². The first-order valence-electron chi connectivity index (χ1n) is 5.62. The van der Waals surface area contributed by atoms with Crippen LogP contribution in [-0.2, 0) is 9.84 Å². The lowest BCUT2D eigenvalue weighted by molar-refractivity contribution is 0.205. The minimum absolute atomic E-state index is 0.0627. The van der Waals surface area contributed by atoms with Crippen molar-refractivity contribution in [3.8, 4) is 0 Å². The van der Waals surface area contributed by atoms with E-state index in [9.17, 15) is 13.5 Å². The average molecular weight is 265 g/mol. The van der Waals surface area contributed by atoms with Gasteiger partial charge in [-0.1, -0.05) is 30.3 Å². The van der Waals surface area contributed by atoms with E-state index in [4.69, 9.17) is 5.73 Å². The van der Waals surface area contributed by atoms with Crippen LogP contribution in [0.5, 0.6) is 0 Å². The number of sulfone groups is 1. The molecule has 0 fully saturated rings. The Balaban J connectivity index is 2.41. The lowest BCUT2D eigenvalue weighted by atomic mass is 10.1. The molecule has 2 rings (SSSR count). The Bertz CT molecular complexity index is 652. The van der Waals surface area contributed by atoms with Gasteiger partial charge in [-0.3, -0.25) is 0 Å². The topological polar surface area (TPSA) is 80.4 Å². The highest BCUT2D eigenvalue weighted by Crippen LogP contribution is 2.20. The molecule has 0 bridgehead atoms. The summed E-state index contributed by atoms with van der Waals surface area (Å²) in [6, 6.07) is 12.5. The van der Waals surface area contributed by atoms with Crippen LogP contribution in [0.1, 0.15) is 0 Å². The van der Waals surface area contributed by atoms with Gasteiger partial charge in [-0.05, 0) is 22.9 Å². The van der Waals surface area contributed by atoms with Gasteiger partial charge in [0.15, 0.2) is 9.84 Å². The molecule has 0 heterocycles. The number of aliphatic hydroxyl groups excluding tert-OH is 1. The molecular formula is C13H15NO3S. The third-order valence-electron chi connectivity index (χ3n) is 2.76. The summed E-state index contributed by atoms with van der Waals surface area (Å²) in [5, 5.41) is 11.2. The third kappa shape index (κ3) is 2.69. The van der Waals surface area contributed by atoms with Gasteiger partial charge in [0.05, 0.1) is 16.8 Å². The second-order valence-corrected chi connectivity index (χ2v) is 6.21. The van der Waals surface area contributed by atoms with Gasteiger partial charge in [-0.2, -0.15) is 0 Å². The molecule has 0 saturated heterocycles. The van der Waals surface area contributed by atoms with Gasteiger partial charge in [0, 0.05) is 6.54 Å². The van der Waals surface area contributed by atoms with Gasteiger partial charge in [-0.25, -0.2) is 8.42 Å². The monoisotopic (exact) mass is 265 g/mol. The van der Waals surface area contributed by atoms with Crippen LogP contribution in [0.3, 0.4) is 0 Å². The van der Waals surface area contributed by atoms with Crippen molar-refractivity contribution in [1.29, 1.82) is 0 Å². The summed E-state index contributed by atoms with van der Waals surface area (Å²) >= 11 is 0. The van der Waals surface area contributed by atoms with Crippen LogP contribution in [0.25, 0.3) is 10.8 Å². The number of hydrogen-bond donors (Lipinski definition) is 2. The van der Waals surface area contributed by atoms with E-state index in [2.05, 4.69) is 0 Å². The molecule has 0 spiro atoms. The zero-order valence-corrected chi connectivity index (χ0v) is 10.6. The Hall–Kier alpha value is -1.43. The number of nitrogens with two attached hydrogens (primary N) is 1. The van der Waals surface area contributed by atoms with E-state index < -0.39 is 15.9 Å². The minimum atomic E-state index is -3.49. The largest absolute Gasteiger partial charge is 0.391 e. The molecule has 5 heteroatoms. The Labute approximate surface area is 106 Å². The Morgan fingerprint density at radius 2 is 1.78 bits per heavy atom. The normalized spacial score (nSPS) is 13.7. The van der Waals surface area contributed by atoms with Crippen LogP contribution in [0.2, 0.25) is 0 Å². The van der Waals surface area contributed by atoms with Gasteiger partial charge in [-0.15, -0.1) is 0 Å². The van der Waals surface area contributed by atoms with Crippen LogP contribution in [0.4, 0.5) is 0 Å². The molecule has 0 aromatic heterocycles. The Morgan fingerprint density at radius 3 is 2.44 bits per heavy atom. The van der Waals surface area contributed by atoms with E-state index in [1.54, 1.807) is 18.2 Å². The first-order chi connectivity index (χ1) is 8.53. The smallest absolute Gasteiger partial charge is 0.180 e. The molecule has 0 aliphatic heterocycles. The van der Waals surface area contributed by atoms with Crippen molar-refractivity contribution in [3.63, 3.8) is 0 Å². The summed E-state index contributed by atoms with van der Waals surface area (Å²) < 4.78 is 24.1. The molecule has 96 valence electrons. The fourth-order valence-corrected chi connectivity index (χ4v) is 3.20. The molecule has 2 aromatic rings. The molecule has 0 unspecified atom stereocenters. The van der Waals surface area contributed by atoms with Crippen molar-refractivity contribution < 1.29 is 13.5 Å². The summed E-state index contributed by atoms with van der Waals surface area (Å²) in [7, 11) is -3.49. The van der Waals surface area contributed by atoms with E-state index in [0.717, 1.165) is 10.8 Å². The summed E-state index contributed by atoms with van der Waals surface area (Å²) in [4.78, 5) is 0.216. The number of hydrogen-bond acceptors (Lipinski definition) is 4. The first kappa shape index (κ1) is 13.0. The molecule has 0 saturated carbocycles. The van der Waals surface area contributed by atoms with Crippen molar-refractivity contribution in [1.82, 2.24) is 0 Å². The van der Waals surface area contributed by atoms with E-state index in [1.165, 1.54) is 0 Å². The van der Waals surface area contributed by atoms with Gasteiger partial charge in [0.2, 0.25) is 0 Å². The number of benzene rings is 2. The fourth-order valence-electron chi connectivity index (χ4n) is 1.78. The molecule has 0 amide bonds. The van der Waals surface area contributed by atoms with Crippen LogP contribution in [0.15, 0.2) is 47.4 Å². The van der Waals surface area contributed by atoms with Crippen molar-refractivity contribution in [2.75, 3.05) is 12.3 Å². The van der Waals surface area contributed by atoms with Crippen molar-refractivity contribution in [2.24, 2.45) is 5.73 Å². The van der Waals surface area contributed by atoms with Crippen LogP contribution >= 0.6 is 0 Å². The van der Waals surface area contributed by atoms with Crippen molar-refractivity contribution in [3.05, 3.63) is 42.5 Å². The maximum absolute atomic E-state index is 12.0. The van der Waals surface area contributed by atoms with Crippen LogP contribution < -0.4 is 5.73 Å². The molecule has 18 heavy (non-hydrogen) atoms. The maximum Gasteiger partial charge on any atom is 0.180 e. The Kier molecular flexibility index (Phi) is 3.65. The van der Waals surface area contributed by atoms with E-state index in [0.29, 0.717) is 0 Å². The van der Waals surface area contributed by atoms with E-state index >= 15 is 0 Å². The van der Waals surface area contributed by atoms with Crippen molar-refractivity contribution >= 4 is 20.6 Å². The number of rotatable bonds is 4. The van der Waals surface area contributed by atoms with Gasteiger partial charge >= 0.3 is 0 Å². The van der Waals surface area contributed by atoms with Crippen LogP contribution in [-0.4, -0.2) is 31.9 Å². The van der Waals surface area contributed by atoms with Gasteiger partial charge in [0.25, 0.3) is 0 Å². The minimum Gasteiger partial charge on any atom is -0.391 e. The molecule has 3 N–H and O–H groups in total. The average Bonchev–Trinajstić information content (AvgIpc) is 2.37. The summed E-state index contributed by atoms with van der Waals surface area (Å²) in [5.41, 5.74) is 5.23. The zero-order chi connectivity index (χ0) is 13.2. The highest BCUT2D eigenvalue weighted by atomic mass is 32.2. The SMILES string of the molecule is NC[C@@H](O)CS(=O)(=O)c1ccc2ccccc2c1. The quantitative estimate of drug-likeness (QED) is 0.862. The third-order valence-corrected chi connectivity index (χ3v) is 4.56. The molecular weight excluding hydrogens is 250 g/mol. The highest BCUT2D eigenvalue weighted by Gasteiger charge is 2.19. The lowest BCUT2D eigenvalue weighted by Crippen LogP contribution is -2.28. The summed E-state index contributed by atoms with van der Waals surface area (Å²) in [6.45, 7) is -0.0627. The lowest BCUT2D eigenvalue weighted by Gasteiger charge is -2.09. The number of fused-ring (bicyclic) bond motifs is 1. The predicted molar refractivity (Wildman–Crippen MR) is 71.1 cm³/mol. The summed E-state index contributed by atoms with van der Waals surface area (Å²) in [5.74, 6) is -0.345. The highest BCUT2D eigenvalue weighted by molar-refractivity contribution is 7.91. The molecule has 4 nitrogen and oxygen atoms in total. The molecule has 1 atom stereocenters. The number of aliphatic hydroxyl groups is 1. The molecule has 2 aromatic carbocycles. The van der Waals surface area contributed by atoms with Crippen molar-refractivity contribution in [2.45, 2.75) is 11.0 Å². The standard InChI is InChI=1S/C13H15NO3S/c14-8-12(15)9-18(16,17)13-6-5-10-3-1-2-4-11(10)7-13/h1-7,12,15H,8-9,14H2/t12-/m1/s1. The summed E-state index contributed by atoms with van der Waals surface area (Å²) in [6.07, 6.45) is -1.03. The fraction of sp³-hybridized carbons (Fsp3) is 0.231. The molecule has 0 aliphatic rings. The second kappa shape index (κ2) is 5.06. The van der Waals surface area contributed by atoms with Crippen LogP contribution in [0, 0.1) is 0 Å². The second-order valence-electron chi connectivity index (χ2n) is 4.18. The van der Waals surface area contributed by atoms with Gasteiger partial charge in [0.1, 0.15) is 0 Å². The molecule has 0 aliphatic carbocycles.